The highest BCUT2D eigenvalue weighted by molar-refractivity contribution is 6.38. The maximum absolute atomic E-state index is 14.4. The lowest BCUT2D eigenvalue weighted by Crippen LogP contribution is -2.63. The number of carbonyl (C=O) groups excluding carboxylic acids is 7. The van der Waals surface area contributed by atoms with E-state index in [1.165, 1.54) is 22.9 Å². The highest BCUT2D eigenvalue weighted by Gasteiger charge is 2.70. The van der Waals surface area contributed by atoms with Crippen molar-refractivity contribution in [3.8, 4) is 12.3 Å². The molecule has 1 unspecified atom stereocenters. The summed E-state index contributed by atoms with van der Waals surface area (Å²) >= 11 is 0. The Morgan fingerprint density at radius 3 is 2.18 bits per heavy atom. The maximum atomic E-state index is 14.4. The molecule has 3 fully saturated rings. The molecule has 2 aliphatic heterocycles. The molecular weight excluding hydrogens is 630 g/mol. The molecule has 0 aromatic heterocycles. The van der Waals surface area contributed by atoms with Gasteiger partial charge in [-0.15, -0.1) is 18.9 Å². The van der Waals surface area contributed by atoms with Crippen LogP contribution >= 0.6 is 0 Å². The van der Waals surface area contributed by atoms with Gasteiger partial charge in [-0.2, -0.15) is 0 Å². The predicted molar refractivity (Wildman–Crippen MR) is 182 cm³/mol. The van der Waals surface area contributed by atoms with E-state index in [0.717, 1.165) is 4.90 Å². The van der Waals surface area contributed by atoms with Crippen LogP contribution in [0.2, 0.25) is 0 Å². The van der Waals surface area contributed by atoms with Gasteiger partial charge in [-0.3, -0.25) is 28.9 Å². The molecule has 0 aromatic rings. The van der Waals surface area contributed by atoms with E-state index in [2.05, 4.69) is 33.8 Å². The number of nitrogens with zero attached hydrogens (tertiary/aromatic N) is 3. The first-order chi connectivity index (χ1) is 22.6. The number of rotatable bonds is 13. The number of Topliss-reactive ketones (excluding diaryl/α,β-unsaturated/α-hetero) is 1. The summed E-state index contributed by atoms with van der Waals surface area (Å²) in [6, 6.07) is -5.00. The molecule has 0 aromatic carbocycles. The third kappa shape index (κ3) is 8.61. The van der Waals surface area contributed by atoms with Gasteiger partial charge in [-0.05, 0) is 34.5 Å². The first-order valence-electron chi connectivity index (χ1n) is 16.7. The molecule has 3 rings (SSSR count). The van der Waals surface area contributed by atoms with E-state index in [-0.39, 0.29) is 62.2 Å². The van der Waals surface area contributed by atoms with Crippen LogP contribution in [0, 0.1) is 40.4 Å². The number of terminal acetylenes is 1. The van der Waals surface area contributed by atoms with Crippen molar-refractivity contribution in [1.82, 2.24) is 36.0 Å². The standard InChI is InChI=1S/C35H53N7O7/c1-12-14-15-21(26(44)29(46)36-16-13-2)37-28(45)25-24-20(35(24,9)10)17-42(25)30(47)27(34(6,7)8)39-31(48)38-22(33(3,4)5)18-41-23(43)19-40(11)32(41)49/h1,13,20-22,24-25,27H,2,14-19H2,3-11H3,(H,36,46)(H,37,45)(H2,38,39,48)/t20-,21?,22+,24-,25-,27+/m0/s1. The van der Waals surface area contributed by atoms with Crippen molar-refractivity contribution in [1.29, 1.82) is 0 Å². The fraction of sp³-hybridized carbons (Fsp3) is 0.686. The lowest BCUT2D eigenvalue weighted by atomic mass is 9.85. The molecule has 0 bridgehead atoms. The average Bonchev–Trinajstić information content (AvgIpc) is 3.25. The fourth-order valence-electron chi connectivity index (χ4n) is 6.69. The van der Waals surface area contributed by atoms with E-state index >= 15 is 0 Å². The zero-order valence-corrected chi connectivity index (χ0v) is 30.3. The van der Waals surface area contributed by atoms with Crippen molar-refractivity contribution in [2.75, 3.05) is 33.2 Å². The summed E-state index contributed by atoms with van der Waals surface area (Å²) in [5.74, 6) is -0.910. The Labute approximate surface area is 289 Å². The number of fused-ring (bicyclic) bond motifs is 1. The Kier molecular flexibility index (Phi) is 11.6. The number of imide groups is 1. The minimum absolute atomic E-state index is 0.0105. The van der Waals surface area contributed by atoms with Gasteiger partial charge in [0.2, 0.25) is 23.5 Å². The van der Waals surface area contributed by atoms with Gasteiger partial charge in [0.15, 0.2) is 0 Å². The van der Waals surface area contributed by atoms with Crippen LogP contribution < -0.4 is 21.3 Å². The number of ketones is 1. The lowest BCUT2D eigenvalue weighted by Gasteiger charge is -2.39. The second-order valence-electron chi connectivity index (χ2n) is 16.0. The van der Waals surface area contributed by atoms with Crippen molar-refractivity contribution >= 4 is 41.5 Å². The van der Waals surface area contributed by atoms with Crippen LogP contribution in [0.3, 0.4) is 0 Å². The fourth-order valence-corrected chi connectivity index (χ4v) is 6.69. The van der Waals surface area contributed by atoms with E-state index in [1.54, 1.807) is 20.8 Å². The molecule has 14 heteroatoms. The first-order valence-corrected chi connectivity index (χ1v) is 16.7. The Bertz CT molecular complexity index is 1420. The molecule has 270 valence electrons. The summed E-state index contributed by atoms with van der Waals surface area (Å²) in [5.41, 5.74) is -1.62. The maximum Gasteiger partial charge on any atom is 0.327 e. The van der Waals surface area contributed by atoms with Crippen LogP contribution in [0.15, 0.2) is 12.7 Å². The quantitative estimate of drug-likeness (QED) is 0.0978. The van der Waals surface area contributed by atoms with Crippen LogP contribution in [-0.4, -0.2) is 114 Å². The van der Waals surface area contributed by atoms with Gasteiger partial charge in [0.1, 0.15) is 18.6 Å². The van der Waals surface area contributed by atoms with E-state index in [0.29, 0.717) is 0 Å². The van der Waals surface area contributed by atoms with Crippen LogP contribution in [0.1, 0.15) is 68.2 Å². The SMILES string of the molecule is C#CCCC(NC(=O)[C@@H]1[C@@H]2[C@H](CN1C(=O)[C@@H](NC(=O)N[C@H](CN1C(=O)CN(C)C1=O)C(C)(C)C)C(C)(C)C)C2(C)C)C(=O)C(=O)NCC=C. The zero-order valence-electron chi connectivity index (χ0n) is 30.3. The van der Waals surface area contributed by atoms with E-state index in [4.69, 9.17) is 6.42 Å². The number of nitrogens with one attached hydrogen (secondary N) is 4. The van der Waals surface area contributed by atoms with Gasteiger partial charge >= 0.3 is 12.1 Å². The smallest absolute Gasteiger partial charge is 0.327 e. The van der Waals surface area contributed by atoms with Gasteiger partial charge in [-0.25, -0.2) is 9.59 Å². The number of likely N-dealkylation sites (tertiary alicyclic amines) is 1. The van der Waals surface area contributed by atoms with Gasteiger partial charge in [0.05, 0.1) is 18.6 Å². The molecular formula is C35H53N7O7. The zero-order chi connectivity index (χ0) is 37.2. The Hall–Kier alpha value is -4.41. The van der Waals surface area contributed by atoms with E-state index in [9.17, 15) is 33.6 Å². The number of urea groups is 2. The lowest BCUT2D eigenvalue weighted by molar-refractivity contribution is -0.145. The van der Waals surface area contributed by atoms with Crippen LogP contribution in [0.4, 0.5) is 9.59 Å². The molecule has 6 atom stereocenters. The Balaban J connectivity index is 1.83. The summed E-state index contributed by atoms with van der Waals surface area (Å²) < 4.78 is 0. The van der Waals surface area contributed by atoms with Gasteiger partial charge < -0.3 is 31.1 Å². The number of piperidine rings is 1. The molecule has 2 heterocycles. The number of amides is 8. The molecule has 1 aliphatic carbocycles. The molecule has 3 aliphatic rings. The largest absolute Gasteiger partial charge is 0.346 e. The summed E-state index contributed by atoms with van der Waals surface area (Å²) in [6.45, 7) is 18.8. The minimum atomic E-state index is -1.20. The topological polar surface area (TPSA) is 177 Å². The van der Waals surface area contributed by atoms with Crippen molar-refractivity contribution in [2.24, 2.45) is 28.1 Å². The van der Waals surface area contributed by atoms with Crippen molar-refractivity contribution in [3.63, 3.8) is 0 Å². The molecule has 0 radical (unpaired) electrons. The number of carbonyl (C=O) groups is 7. The highest BCUT2D eigenvalue weighted by atomic mass is 16.2. The average molecular weight is 684 g/mol. The predicted octanol–water partition coefficient (Wildman–Crippen LogP) is 1.26. The van der Waals surface area contributed by atoms with Crippen molar-refractivity contribution < 1.29 is 33.6 Å². The minimum Gasteiger partial charge on any atom is -0.346 e. The Morgan fingerprint density at radius 1 is 1.04 bits per heavy atom. The summed E-state index contributed by atoms with van der Waals surface area (Å²) in [5, 5.41) is 10.8. The summed E-state index contributed by atoms with van der Waals surface area (Å²) in [7, 11) is 1.53. The molecule has 49 heavy (non-hydrogen) atoms. The van der Waals surface area contributed by atoms with Crippen LogP contribution in [0.25, 0.3) is 0 Å². The molecule has 2 saturated heterocycles. The van der Waals surface area contributed by atoms with Crippen molar-refractivity contribution in [2.45, 2.75) is 92.4 Å². The third-order valence-corrected chi connectivity index (χ3v) is 9.94. The van der Waals surface area contributed by atoms with E-state index < -0.39 is 70.6 Å². The normalized spacial score (nSPS) is 23.1. The number of hydrogen-bond acceptors (Lipinski definition) is 7. The van der Waals surface area contributed by atoms with E-state index in [1.807, 2.05) is 34.6 Å². The number of likely N-dealkylation sites (N-methyl/N-ethyl adjacent to an activating group) is 1. The van der Waals surface area contributed by atoms with Gasteiger partial charge in [-0.1, -0.05) is 61.5 Å². The van der Waals surface area contributed by atoms with Gasteiger partial charge in [0, 0.05) is 26.6 Å². The second kappa shape index (κ2) is 14.6. The highest BCUT2D eigenvalue weighted by Crippen LogP contribution is 2.65. The molecule has 8 amide bonds. The monoisotopic (exact) mass is 683 g/mol. The molecule has 14 nitrogen and oxygen atoms in total. The molecule has 0 spiro atoms. The van der Waals surface area contributed by atoms with Gasteiger partial charge in [0.25, 0.3) is 5.91 Å². The summed E-state index contributed by atoms with van der Waals surface area (Å²) in [4.78, 5) is 96.3. The first kappa shape index (κ1) is 39.0. The molecule has 1 saturated carbocycles. The van der Waals surface area contributed by atoms with Crippen LogP contribution in [0.5, 0.6) is 0 Å². The molecule has 4 N–H and O–H groups in total. The number of hydrogen-bond donors (Lipinski definition) is 4. The van der Waals surface area contributed by atoms with Crippen molar-refractivity contribution in [3.05, 3.63) is 12.7 Å². The van der Waals surface area contributed by atoms with Crippen LogP contribution in [-0.2, 0) is 24.0 Å². The Morgan fingerprint density at radius 2 is 1.67 bits per heavy atom. The summed E-state index contributed by atoms with van der Waals surface area (Å²) in [6.07, 6.45) is 7.02. The third-order valence-electron chi connectivity index (χ3n) is 9.94. The second-order valence-corrected chi connectivity index (χ2v) is 16.0.